The summed E-state index contributed by atoms with van der Waals surface area (Å²) in [5, 5.41) is 0.636. The Labute approximate surface area is 133 Å². The molecule has 0 aliphatic carbocycles. The zero-order valence-electron chi connectivity index (χ0n) is 12.3. The number of esters is 2. The maximum absolute atomic E-state index is 11.6. The molecule has 2 aromatic carbocycles. The second-order valence-electron chi connectivity index (χ2n) is 4.65. The lowest BCUT2D eigenvalue weighted by Crippen LogP contribution is -2.05. The summed E-state index contributed by atoms with van der Waals surface area (Å²) in [5.74, 6) is -0.822. The van der Waals surface area contributed by atoms with Crippen molar-refractivity contribution in [2.45, 2.75) is 13.5 Å². The number of hydrogen-bond acceptors (Lipinski definition) is 4. The van der Waals surface area contributed by atoms with Crippen molar-refractivity contribution < 1.29 is 19.1 Å². The molecule has 114 valence electrons. The number of hydrogen-bond donors (Lipinski definition) is 0. The molecule has 0 heterocycles. The fourth-order valence-corrected chi connectivity index (χ4v) is 2.17. The predicted molar refractivity (Wildman–Crippen MR) is 83.7 cm³/mol. The average molecular weight is 319 g/mol. The van der Waals surface area contributed by atoms with E-state index >= 15 is 0 Å². The van der Waals surface area contributed by atoms with Crippen LogP contribution >= 0.6 is 11.6 Å². The Morgan fingerprint density at radius 1 is 1.09 bits per heavy atom. The molecular weight excluding hydrogens is 304 g/mol. The lowest BCUT2D eigenvalue weighted by Gasteiger charge is -2.12. The van der Waals surface area contributed by atoms with Gasteiger partial charge in [0.1, 0.15) is 6.61 Å². The lowest BCUT2D eigenvalue weighted by molar-refractivity contribution is -0.142. The minimum atomic E-state index is -0.438. The van der Waals surface area contributed by atoms with Crippen LogP contribution in [0.1, 0.15) is 22.8 Å². The van der Waals surface area contributed by atoms with Gasteiger partial charge in [-0.15, -0.1) is 0 Å². The van der Waals surface area contributed by atoms with Crippen LogP contribution in [0.3, 0.4) is 0 Å². The molecule has 0 aliphatic heterocycles. The number of ether oxygens (including phenoxy) is 2. The predicted octanol–water partition coefficient (Wildman–Crippen LogP) is 3.86. The monoisotopic (exact) mass is 318 g/mol. The fourth-order valence-electron chi connectivity index (χ4n) is 2.05. The molecular formula is C17H15ClO4. The van der Waals surface area contributed by atoms with Gasteiger partial charge in [0.15, 0.2) is 0 Å². The minimum absolute atomic E-state index is 0.0815. The van der Waals surface area contributed by atoms with E-state index in [0.717, 1.165) is 16.7 Å². The molecule has 22 heavy (non-hydrogen) atoms. The molecule has 0 radical (unpaired) electrons. The molecule has 2 aromatic rings. The van der Waals surface area contributed by atoms with Crippen molar-refractivity contribution in [3.05, 3.63) is 58.6 Å². The molecule has 4 nitrogen and oxygen atoms in total. The highest BCUT2D eigenvalue weighted by molar-refractivity contribution is 6.30. The molecule has 0 spiro atoms. The Balaban J connectivity index is 2.44. The number of methoxy groups -OCH3 is 1. The van der Waals surface area contributed by atoms with Crippen LogP contribution in [0.4, 0.5) is 0 Å². The topological polar surface area (TPSA) is 52.6 Å². The molecule has 0 aromatic heterocycles. The average Bonchev–Trinajstić information content (AvgIpc) is 2.52. The van der Waals surface area contributed by atoms with Crippen LogP contribution in [0.25, 0.3) is 11.1 Å². The number of carbonyl (C=O) groups excluding carboxylic acids is 2. The number of halogens is 1. The molecule has 0 saturated heterocycles. The van der Waals surface area contributed by atoms with Crippen molar-refractivity contribution in [3.8, 4) is 11.1 Å². The van der Waals surface area contributed by atoms with E-state index in [1.54, 1.807) is 30.3 Å². The standard InChI is InChI=1S/C17H15ClO4/c1-11(19)22-10-14-9-13(17(20)21-2)5-8-16(14)12-3-6-15(18)7-4-12/h3-9H,10H2,1-2H3. The van der Waals surface area contributed by atoms with E-state index in [1.165, 1.54) is 14.0 Å². The highest BCUT2D eigenvalue weighted by Crippen LogP contribution is 2.27. The maximum Gasteiger partial charge on any atom is 0.337 e. The van der Waals surface area contributed by atoms with Crippen molar-refractivity contribution in [1.29, 1.82) is 0 Å². The van der Waals surface area contributed by atoms with Crippen LogP contribution in [0.2, 0.25) is 5.02 Å². The van der Waals surface area contributed by atoms with Crippen LogP contribution in [0, 0.1) is 0 Å². The Morgan fingerprint density at radius 3 is 2.36 bits per heavy atom. The molecule has 0 atom stereocenters. The summed E-state index contributed by atoms with van der Waals surface area (Å²) in [5.41, 5.74) is 2.91. The minimum Gasteiger partial charge on any atom is -0.465 e. The summed E-state index contributed by atoms with van der Waals surface area (Å²) < 4.78 is 9.78. The molecule has 0 N–H and O–H groups in total. The van der Waals surface area contributed by atoms with E-state index in [0.29, 0.717) is 10.6 Å². The largest absolute Gasteiger partial charge is 0.465 e. The summed E-state index contributed by atoms with van der Waals surface area (Å²) >= 11 is 5.90. The first-order valence-electron chi connectivity index (χ1n) is 6.62. The Kier molecular flexibility index (Phi) is 5.17. The fraction of sp³-hybridized carbons (Fsp3) is 0.176. The third-order valence-corrected chi connectivity index (χ3v) is 3.36. The van der Waals surface area contributed by atoms with Gasteiger partial charge in [0.05, 0.1) is 12.7 Å². The van der Waals surface area contributed by atoms with Gasteiger partial charge in [0.2, 0.25) is 0 Å². The molecule has 5 heteroatoms. The smallest absolute Gasteiger partial charge is 0.337 e. The van der Waals surface area contributed by atoms with E-state index in [-0.39, 0.29) is 12.6 Å². The van der Waals surface area contributed by atoms with Crippen molar-refractivity contribution in [3.63, 3.8) is 0 Å². The zero-order valence-corrected chi connectivity index (χ0v) is 13.0. The zero-order chi connectivity index (χ0) is 16.1. The number of rotatable bonds is 4. The first-order chi connectivity index (χ1) is 10.5. The van der Waals surface area contributed by atoms with Crippen LogP contribution in [-0.4, -0.2) is 19.0 Å². The summed E-state index contributed by atoms with van der Waals surface area (Å²) in [6.45, 7) is 1.42. The second-order valence-corrected chi connectivity index (χ2v) is 5.09. The molecule has 0 unspecified atom stereocenters. The third-order valence-electron chi connectivity index (χ3n) is 3.11. The van der Waals surface area contributed by atoms with Crippen molar-refractivity contribution in [1.82, 2.24) is 0 Å². The van der Waals surface area contributed by atoms with Crippen molar-refractivity contribution in [2.75, 3.05) is 7.11 Å². The van der Waals surface area contributed by atoms with Crippen molar-refractivity contribution >= 4 is 23.5 Å². The number of benzene rings is 2. The highest BCUT2D eigenvalue weighted by Gasteiger charge is 2.12. The quantitative estimate of drug-likeness (QED) is 0.803. The summed E-state index contributed by atoms with van der Waals surface area (Å²) in [7, 11) is 1.32. The van der Waals surface area contributed by atoms with Gasteiger partial charge in [-0.05, 0) is 41.0 Å². The summed E-state index contributed by atoms with van der Waals surface area (Å²) in [6, 6.07) is 12.4. The van der Waals surface area contributed by atoms with Gasteiger partial charge in [0.25, 0.3) is 0 Å². The van der Waals surface area contributed by atoms with Gasteiger partial charge < -0.3 is 9.47 Å². The maximum atomic E-state index is 11.6. The van der Waals surface area contributed by atoms with Crippen LogP contribution in [0.5, 0.6) is 0 Å². The van der Waals surface area contributed by atoms with Gasteiger partial charge in [0, 0.05) is 11.9 Å². The Hall–Kier alpha value is -2.33. The van der Waals surface area contributed by atoms with E-state index in [2.05, 4.69) is 0 Å². The van der Waals surface area contributed by atoms with Gasteiger partial charge in [-0.25, -0.2) is 4.79 Å². The van der Waals surface area contributed by atoms with Crippen LogP contribution in [0.15, 0.2) is 42.5 Å². The van der Waals surface area contributed by atoms with Crippen LogP contribution in [-0.2, 0) is 20.9 Å². The number of carbonyl (C=O) groups is 2. The summed E-state index contributed by atoms with van der Waals surface area (Å²) in [6.07, 6.45) is 0. The third kappa shape index (κ3) is 3.86. The first-order valence-corrected chi connectivity index (χ1v) is 6.99. The van der Waals surface area contributed by atoms with Crippen molar-refractivity contribution in [2.24, 2.45) is 0 Å². The van der Waals surface area contributed by atoms with E-state index < -0.39 is 5.97 Å². The van der Waals surface area contributed by atoms with Gasteiger partial charge in [-0.3, -0.25) is 4.79 Å². The van der Waals surface area contributed by atoms with E-state index in [1.807, 2.05) is 12.1 Å². The molecule has 2 rings (SSSR count). The lowest BCUT2D eigenvalue weighted by atomic mass is 9.98. The van der Waals surface area contributed by atoms with Gasteiger partial charge >= 0.3 is 11.9 Å². The SMILES string of the molecule is COC(=O)c1ccc(-c2ccc(Cl)cc2)c(COC(C)=O)c1. The Bertz CT molecular complexity index is 692. The van der Waals surface area contributed by atoms with Crippen LogP contribution < -0.4 is 0 Å². The van der Waals surface area contributed by atoms with E-state index in [4.69, 9.17) is 21.1 Å². The molecule has 0 bridgehead atoms. The first kappa shape index (κ1) is 16.0. The van der Waals surface area contributed by atoms with Gasteiger partial charge in [-0.2, -0.15) is 0 Å². The summed E-state index contributed by atoms with van der Waals surface area (Å²) in [4.78, 5) is 22.7. The Morgan fingerprint density at radius 2 is 1.77 bits per heavy atom. The molecule has 0 saturated carbocycles. The second kappa shape index (κ2) is 7.09. The molecule has 0 fully saturated rings. The molecule has 0 aliphatic rings. The van der Waals surface area contributed by atoms with Gasteiger partial charge in [-0.1, -0.05) is 29.8 Å². The highest BCUT2D eigenvalue weighted by atomic mass is 35.5. The molecule has 0 amide bonds. The normalized spacial score (nSPS) is 10.1. The van der Waals surface area contributed by atoms with E-state index in [9.17, 15) is 9.59 Å².